The number of carbonyl (C=O) groups excluding carboxylic acids is 2. The van der Waals surface area contributed by atoms with Gasteiger partial charge in [0.05, 0.1) is 18.5 Å². The van der Waals surface area contributed by atoms with Crippen molar-refractivity contribution in [3.8, 4) is 0 Å². The van der Waals surface area contributed by atoms with Crippen LogP contribution in [0.2, 0.25) is 0 Å². The van der Waals surface area contributed by atoms with Crippen LogP contribution in [-0.2, 0) is 23.3 Å². The first kappa shape index (κ1) is 22.2. The van der Waals surface area contributed by atoms with E-state index in [1.165, 1.54) is 17.0 Å². The van der Waals surface area contributed by atoms with Crippen LogP contribution < -0.4 is 10.2 Å². The highest BCUT2D eigenvalue weighted by Crippen LogP contribution is 2.42. The Kier molecular flexibility index (Phi) is 5.69. The molecule has 0 spiro atoms. The maximum Gasteiger partial charge on any atom is 0.251 e. The molecule has 1 heterocycles. The molecule has 0 radical (unpaired) electrons. The van der Waals surface area contributed by atoms with Crippen LogP contribution in [0.3, 0.4) is 0 Å². The number of hydrogen-bond donors (Lipinski definition) is 1. The van der Waals surface area contributed by atoms with Crippen LogP contribution in [0.15, 0.2) is 60.7 Å². The van der Waals surface area contributed by atoms with E-state index in [2.05, 4.69) is 10.2 Å². The molecular formula is C26H21F2N3O2. The van der Waals surface area contributed by atoms with E-state index in [-0.39, 0.29) is 24.9 Å². The van der Waals surface area contributed by atoms with Gasteiger partial charge >= 0.3 is 0 Å². The van der Waals surface area contributed by atoms with Crippen LogP contribution in [0.25, 0.3) is 4.85 Å². The number of rotatable bonds is 5. The predicted octanol–water partition coefficient (Wildman–Crippen LogP) is 5.27. The lowest BCUT2D eigenvalue weighted by atomic mass is 9.86. The van der Waals surface area contributed by atoms with E-state index in [0.717, 1.165) is 17.2 Å². The van der Waals surface area contributed by atoms with Crippen LogP contribution in [-0.4, -0.2) is 11.8 Å². The topological polar surface area (TPSA) is 53.8 Å². The predicted molar refractivity (Wildman–Crippen MR) is 121 cm³/mol. The minimum atomic E-state index is -0.837. The number of nitrogens with one attached hydrogen (secondary N) is 1. The molecule has 1 aliphatic heterocycles. The second kappa shape index (κ2) is 8.47. The standard InChI is InChI=1S/C26H21F2N3O2/c1-26(2)22-8-7-18(24(32)30-14-16-5-4-6-21(11-16)29-3)12-23(22)31(25(26)33)15-17-9-19(27)13-20(28)10-17/h4-13H,14-15H2,1-2H3,(H,30,32). The van der Waals surface area contributed by atoms with Gasteiger partial charge in [-0.2, -0.15) is 0 Å². The number of benzene rings is 3. The van der Waals surface area contributed by atoms with Crippen molar-refractivity contribution < 1.29 is 18.4 Å². The summed E-state index contributed by atoms with van der Waals surface area (Å²) in [5.74, 6) is -1.98. The summed E-state index contributed by atoms with van der Waals surface area (Å²) in [6, 6.07) is 15.2. The van der Waals surface area contributed by atoms with Crippen molar-refractivity contribution in [1.29, 1.82) is 0 Å². The molecule has 0 atom stereocenters. The van der Waals surface area contributed by atoms with E-state index in [1.807, 2.05) is 6.07 Å². The number of halogens is 2. The monoisotopic (exact) mass is 445 g/mol. The fourth-order valence-electron chi connectivity index (χ4n) is 4.05. The van der Waals surface area contributed by atoms with Gasteiger partial charge < -0.3 is 10.2 Å². The van der Waals surface area contributed by atoms with Crippen LogP contribution in [0, 0.1) is 18.2 Å². The average molecular weight is 445 g/mol. The molecule has 7 heteroatoms. The first-order valence-electron chi connectivity index (χ1n) is 10.3. The zero-order valence-electron chi connectivity index (χ0n) is 18.2. The van der Waals surface area contributed by atoms with Crippen molar-refractivity contribution in [1.82, 2.24) is 5.32 Å². The molecule has 0 unspecified atom stereocenters. The summed E-state index contributed by atoms with van der Waals surface area (Å²) in [6.45, 7) is 10.9. The van der Waals surface area contributed by atoms with E-state index in [4.69, 9.17) is 6.57 Å². The van der Waals surface area contributed by atoms with Gasteiger partial charge in [0.25, 0.3) is 5.91 Å². The molecule has 1 N–H and O–H groups in total. The minimum absolute atomic E-state index is 0.0154. The lowest BCUT2D eigenvalue weighted by Gasteiger charge is -2.20. The molecule has 0 aliphatic carbocycles. The Bertz CT molecular complexity index is 1290. The van der Waals surface area contributed by atoms with E-state index >= 15 is 0 Å². The summed E-state index contributed by atoms with van der Waals surface area (Å²) in [5, 5.41) is 2.82. The second-order valence-corrected chi connectivity index (χ2v) is 8.49. The molecule has 3 aromatic rings. The first-order valence-corrected chi connectivity index (χ1v) is 10.3. The number of amides is 2. The van der Waals surface area contributed by atoms with Crippen molar-refractivity contribution in [2.24, 2.45) is 0 Å². The van der Waals surface area contributed by atoms with E-state index in [0.29, 0.717) is 22.5 Å². The number of fused-ring (bicyclic) bond motifs is 1. The molecule has 1 aliphatic rings. The highest BCUT2D eigenvalue weighted by atomic mass is 19.1. The van der Waals surface area contributed by atoms with E-state index < -0.39 is 17.0 Å². The van der Waals surface area contributed by atoms with Crippen LogP contribution in [0.4, 0.5) is 20.2 Å². The van der Waals surface area contributed by atoms with Gasteiger partial charge in [-0.25, -0.2) is 13.6 Å². The van der Waals surface area contributed by atoms with Crippen LogP contribution >= 0.6 is 0 Å². The molecule has 33 heavy (non-hydrogen) atoms. The minimum Gasteiger partial charge on any atom is -0.348 e. The summed E-state index contributed by atoms with van der Waals surface area (Å²) in [5.41, 5.74) is 2.41. The third kappa shape index (κ3) is 4.33. The number of nitrogens with zero attached hydrogens (tertiary/aromatic N) is 2. The van der Waals surface area contributed by atoms with Gasteiger partial charge in [0.15, 0.2) is 5.69 Å². The molecule has 0 saturated carbocycles. The van der Waals surface area contributed by atoms with Crippen molar-refractivity contribution in [3.63, 3.8) is 0 Å². The molecule has 0 bridgehead atoms. The maximum absolute atomic E-state index is 13.7. The Morgan fingerprint density at radius 2 is 1.76 bits per heavy atom. The Labute approximate surface area is 190 Å². The molecule has 3 aromatic carbocycles. The summed E-state index contributed by atoms with van der Waals surface area (Å²) < 4.78 is 27.4. The largest absolute Gasteiger partial charge is 0.348 e. The summed E-state index contributed by atoms with van der Waals surface area (Å²) in [4.78, 5) is 30.8. The van der Waals surface area contributed by atoms with E-state index in [1.54, 1.807) is 50.2 Å². The number of hydrogen-bond acceptors (Lipinski definition) is 2. The molecular weight excluding hydrogens is 424 g/mol. The average Bonchev–Trinajstić information content (AvgIpc) is 2.97. The Morgan fingerprint density at radius 3 is 2.45 bits per heavy atom. The Hall–Kier alpha value is -4.05. The molecule has 4 rings (SSSR count). The number of carbonyl (C=O) groups is 2. The zero-order valence-corrected chi connectivity index (χ0v) is 18.2. The third-order valence-electron chi connectivity index (χ3n) is 5.76. The molecule has 0 fully saturated rings. The van der Waals surface area contributed by atoms with Crippen LogP contribution in [0.1, 0.15) is 40.9 Å². The summed E-state index contributed by atoms with van der Waals surface area (Å²) in [7, 11) is 0. The Morgan fingerprint density at radius 1 is 1.03 bits per heavy atom. The smallest absolute Gasteiger partial charge is 0.251 e. The highest BCUT2D eigenvalue weighted by Gasteiger charge is 2.44. The quantitative estimate of drug-likeness (QED) is 0.544. The maximum atomic E-state index is 13.7. The van der Waals surface area contributed by atoms with Crippen molar-refractivity contribution >= 4 is 23.2 Å². The van der Waals surface area contributed by atoms with Crippen molar-refractivity contribution in [2.45, 2.75) is 32.4 Å². The molecule has 5 nitrogen and oxygen atoms in total. The molecule has 0 aromatic heterocycles. The van der Waals surface area contributed by atoms with E-state index in [9.17, 15) is 18.4 Å². The van der Waals surface area contributed by atoms with Gasteiger partial charge in [-0.1, -0.05) is 30.3 Å². The van der Waals surface area contributed by atoms with Crippen molar-refractivity contribution in [2.75, 3.05) is 4.90 Å². The van der Waals surface area contributed by atoms with Gasteiger partial charge in [-0.3, -0.25) is 9.59 Å². The normalized spacial score (nSPS) is 14.0. The molecule has 2 amide bonds. The van der Waals surface area contributed by atoms with Gasteiger partial charge in [-0.05, 0) is 54.8 Å². The van der Waals surface area contributed by atoms with Gasteiger partial charge in [0.1, 0.15) is 11.6 Å². The zero-order chi connectivity index (χ0) is 23.8. The fraction of sp³-hybridized carbons (Fsp3) is 0.192. The van der Waals surface area contributed by atoms with Crippen molar-refractivity contribution in [3.05, 3.63) is 106 Å². The fourth-order valence-corrected chi connectivity index (χ4v) is 4.05. The SMILES string of the molecule is [C-]#[N+]c1cccc(CNC(=O)c2ccc3c(c2)N(Cc2cc(F)cc(F)c2)C(=O)C3(C)C)c1. The third-order valence-corrected chi connectivity index (χ3v) is 5.76. The summed E-state index contributed by atoms with van der Waals surface area (Å²) in [6.07, 6.45) is 0. The lowest BCUT2D eigenvalue weighted by molar-refractivity contribution is -0.122. The van der Waals surface area contributed by atoms with Gasteiger partial charge in [0, 0.05) is 23.9 Å². The highest BCUT2D eigenvalue weighted by molar-refractivity contribution is 6.08. The molecule has 0 saturated heterocycles. The molecule has 166 valence electrons. The van der Waals surface area contributed by atoms with Gasteiger partial charge in [-0.15, -0.1) is 0 Å². The summed E-state index contributed by atoms with van der Waals surface area (Å²) >= 11 is 0. The Balaban J connectivity index is 1.60. The van der Waals surface area contributed by atoms with Crippen LogP contribution in [0.5, 0.6) is 0 Å². The van der Waals surface area contributed by atoms with Gasteiger partial charge in [0.2, 0.25) is 5.91 Å². The first-order chi connectivity index (χ1) is 15.7. The number of anilines is 1. The lowest BCUT2D eigenvalue weighted by Crippen LogP contribution is -2.35. The second-order valence-electron chi connectivity index (χ2n) is 8.49.